The standard InChI is InChI=1S/C15H15ClN4OS/c1-10-7-11(2)19-15(18-10)22-9-14(21)20-17-8-12-3-5-13(16)6-4-12/h3-8H,9H2,1-2H3,(H,20,21). The molecule has 1 heterocycles. The lowest BCUT2D eigenvalue weighted by molar-refractivity contribution is -0.118. The van der Waals surface area contributed by atoms with Gasteiger partial charge in [-0.25, -0.2) is 15.4 Å². The van der Waals surface area contributed by atoms with Crippen LogP contribution in [0.3, 0.4) is 0 Å². The molecule has 0 spiro atoms. The fourth-order valence-corrected chi connectivity index (χ4v) is 2.52. The predicted molar refractivity (Wildman–Crippen MR) is 89.4 cm³/mol. The first-order valence-electron chi connectivity index (χ1n) is 6.55. The first-order chi connectivity index (χ1) is 10.5. The Kier molecular flexibility index (Phi) is 5.91. The maximum absolute atomic E-state index is 11.7. The fourth-order valence-electron chi connectivity index (χ4n) is 1.65. The lowest BCUT2D eigenvalue weighted by atomic mass is 10.2. The number of amides is 1. The zero-order valence-electron chi connectivity index (χ0n) is 12.2. The van der Waals surface area contributed by atoms with Gasteiger partial charge in [0.1, 0.15) is 0 Å². The minimum absolute atomic E-state index is 0.209. The highest BCUT2D eigenvalue weighted by Crippen LogP contribution is 2.13. The van der Waals surface area contributed by atoms with Crippen molar-refractivity contribution in [3.8, 4) is 0 Å². The summed E-state index contributed by atoms with van der Waals surface area (Å²) in [4.78, 5) is 20.2. The summed E-state index contributed by atoms with van der Waals surface area (Å²) in [6, 6.07) is 9.04. The van der Waals surface area contributed by atoms with Crippen molar-refractivity contribution in [2.45, 2.75) is 19.0 Å². The van der Waals surface area contributed by atoms with E-state index in [0.29, 0.717) is 10.2 Å². The smallest absolute Gasteiger partial charge is 0.250 e. The molecular weight excluding hydrogens is 320 g/mol. The van der Waals surface area contributed by atoms with E-state index >= 15 is 0 Å². The van der Waals surface area contributed by atoms with Gasteiger partial charge in [-0.15, -0.1) is 0 Å². The highest BCUT2D eigenvalue weighted by Gasteiger charge is 2.05. The van der Waals surface area contributed by atoms with Crippen LogP contribution < -0.4 is 5.43 Å². The van der Waals surface area contributed by atoms with Gasteiger partial charge in [0.25, 0.3) is 5.91 Å². The van der Waals surface area contributed by atoms with Crippen LogP contribution in [-0.2, 0) is 4.79 Å². The lowest BCUT2D eigenvalue weighted by Crippen LogP contribution is -2.19. The van der Waals surface area contributed by atoms with Gasteiger partial charge in [-0.3, -0.25) is 4.79 Å². The first-order valence-corrected chi connectivity index (χ1v) is 7.92. The largest absolute Gasteiger partial charge is 0.272 e. The van der Waals surface area contributed by atoms with Crippen LogP contribution >= 0.6 is 23.4 Å². The molecule has 0 radical (unpaired) electrons. The molecule has 1 aromatic heterocycles. The van der Waals surface area contributed by atoms with Crippen LogP contribution in [0, 0.1) is 13.8 Å². The van der Waals surface area contributed by atoms with Crippen molar-refractivity contribution in [3.63, 3.8) is 0 Å². The number of carbonyl (C=O) groups is 1. The minimum Gasteiger partial charge on any atom is -0.272 e. The van der Waals surface area contributed by atoms with Gasteiger partial charge < -0.3 is 0 Å². The predicted octanol–water partition coefficient (Wildman–Crippen LogP) is 2.99. The van der Waals surface area contributed by atoms with Crippen molar-refractivity contribution in [1.29, 1.82) is 0 Å². The van der Waals surface area contributed by atoms with Crippen molar-refractivity contribution in [2.24, 2.45) is 5.10 Å². The number of halogens is 1. The number of rotatable bonds is 5. The number of hydrogen-bond donors (Lipinski definition) is 1. The average molecular weight is 335 g/mol. The van der Waals surface area contributed by atoms with Crippen LogP contribution in [0.25, 0.3) is 0 Å². The number of hydrazone groups is 1. The summed E-state index contributed by atoms with van der Waals surface area (Å²) >= 11 is 7.07. The molecule has 1 N–H and O–H groups in total. The van der Waals surface area contributed by atoms with E-state index in [4.69, 9.17) is 11.6 Å². The van der Waals surface area contributed by atoms with Crippen LogP contribution in [0.5, 0.6) is 0 Å². The molecule has 2 rings (SSSR count). The SMILES string of the molecule is Cc1cc(C)nc(SCC(=O)NN=Cc2ccc(Cl)cc2)n1. The summed E-state index contributed by atoms with van der Waals surface area (Å²) in [7, 11) is 0. The van der Waals surface area contributed by atoms with E-state index in [1.54, 1.807) is 18.3 Å². The van der Waals surface area contributed by atoms with Crippen molar-refractivity contribution < 1.29 is 4.79 Å². The Hall–Kier alpha value is -1.92. The maximum atomic E-state index is 11.7. The third kappa shape index (κ3) is 5.46. The van der Waals surface area contributed by atoms with Gasteiger partial charge in [0.2, 0.25) is 0 Å². The van der Waals surface area contributed by atoms with E-state index in [1.165, 1.54) is 11.8 Å². The van der Waals surface area contributed by atoms with Crippen LogP contribution in [0.4, 0.5) is 0 Å². The number of nitrogens with zero attached hydrogens (tertiary/aromatic N) is 3. The zero-order valence-corrected chi connectivity index (χ0v) is 13.8. The van der Waals surface area contributed by atoms with Gasteiger partial charge in [-0.05, 0) is 37.6 Å². The molecule has 0 fully saturated rings. The van der Waals surface area contributed by atoms with Crippen molar-refractivity contribution in [2.75, 3.05) is 5.75 Å². The summed E-state index contributed by atoms with van der Waals surface area (Å²) in [6.45, 7) is 3.80. The molecule has 0 aliphatic heterocycles. The molecule has 0 atom stereocenters. The monoisotopic (exact) mass is 334 g/mol. The molecule has 22 heavy (non-hydrogen) atoms. The molecule has 7 heteroatoms. The number of aryl methyl sites for hydroxylation is 2. The zero-order chi connectivity index (χ0) is 15.9. The Labute approximate surface area is 138 Å². The number of aromatic nitrogens is 2. The highest BCUT2D eigenvalue weighted by atomic mass is 35.5. The van der Waals surface area contributed by atoms with Gasteiger partial charge >= 0.3 is 0 Å². The van der Waals surface area contributed by atoms with E-state index in [0.717, 1.165) is 17.0 Å². The summed E-state index contributed by atoms with van der Waals surface area (Å²) in [6.07, 6.45) is 1.56. The molecule has 0 saturated carbocycles. The van der Waals surface area contributed by atoms with E-state index in [1.807, 2.05) is 32.0 Å². The third-order valence-electron chi connectivity index (χ3n) is 2.57. The molecule has 5 nitrogen and oxygen atoms in total. The van der Waals surface area contributed by atoms with Crippen molar-refractivity contribution in [1.82, 2.24) is 15.4 Å². The van der Waals surface area contributed by atoms with Crippen LogP contribution in [0.15, 0.2) is 40.6 Å². The molecule has 114 valence electrons. The lowest BCUT2D eigenvalue weighted by Gasteiger charge is -2.02. The van der Waals surface area contributed by atoms with Crippen molar-refractivity contribution >= 4 is 35.5 Å². The van der Waals surface area contributed by atoms with Gasteiger partial charge in [-0.1, -0.05) is 35.5 Å². The van der Waals surface area contributed by atoms with E-state index in [2.05, 4.69) is 20.5 Å². The van der Waals surface area contributed by atoms with E-state index in [-0.39, 0.29) is 11.7 Å². The average Bonchev–Trinajstić information content (AvgIpc) is 2.46. The second kappa shape index (κ2) is 7.91. The number of nitrogens with one attached hydrogen (secondary N) is 1. The summed E-state index contributed by atoms with van der Waals surface area (Å²) < 4.78 is 0. The Morgan fingerprint density at radius 3 is 2.55 bits per heavy atom. The summed E-state index contributed by atoms with van der Waals surface area (Å²) in [5.74, 6) is -0.00103. The Bertz CT molecular complexity index is 668. The molecule has 1 aromatic carbocycles. The third-order valence-corrected chi connectivity index (χ3v) is 3.67. The van der Waals surface area contributed by atoms with Gasteiger partial charge in [0.05, 0.1) is 12.0 Å². The molecule has 2 aromatic rings. The van der Waals surface area contributed by atoms with Gasteiger partial charge in [0.15, 0.2) is 5.16 Å². The van der Waals surface area contributed by atoms with E-state index < -0.39 is 0 Å². The van der Waals surface area contributed by atoms with E-state index in [9.17, 15) is 4.79 Å². The van der Waals surface area contributed by atoms with Gasteiger partial charge in [-0.2, -0.15) is 5.10 Å². The minimum atomic E-state index is -0.210. The van der Waals surface area contributed by atoms with Gasteiger partial charge in [0, 0.05) is 16.4 Å². The first kappa shape index (κ1) is 16.5. The van der Waals surface area contributed by atoms with Crippen molar-refractivity contribution in [3.05, 3.63) is 52.3 Å². The second-order valence-electron chi connectivity index (χ2n) is 4.57. The Balaban J connectivity index is 1.81. The molecule has 0 aliphatic carbocycles. The number of thioether (sulfide) groups is 1. The molecule has 0 saturated heterocycles. The number of carbonyl (C=O) groups excluding carboxylic acids is 1. The Morgan fingerprint density at radius 1 is 1.27 bits per heavy atom. The number of hydrogen-bond acceptors (Lipinski definition) is 5. The topological polar surface area (TPSA) is 67.2 Å². The molecule has 0 bridgehead atoms. The quantitative estimate of drug-likeness (QED) is 0.395. The van der Waals surface area contributed by atoms with Crippen LogP contribution in [0.1, 0.15) is 17.0 Å². The normalized spacial score (nSPS) is 10.9. The second-order valence-corrected chi connectivity index (χ2v) is 5.95. The number of benzene rings is 1. The summed E-state index contributed by atoms with van der Waals surface area (Å²) in [5.41, 5.74) is 5.09. The molecule has 0 unspecified atom stereocenters. The molecular formula is C15H15ClN4OS. The fraction of sp³-hybridized carbons (Fsp3) is 0.200. The summed E-state index contributed by atoms with van der Waals surface area (Å²) in [5, 5.41) is 5.15. The van der Waals surface area contributed by atoms with Crippen LogP contribution in [0.2, 0.25) is 5.02 Å². The molecule has 1 amide bonds. The molecule has 0 aliphatic rings. The van der Waals surface area contributed by atoms with Crippen LogP contribution in [-0.4, -0.2) is 27.8 Å². The maximum Gasteiger partial charge on any atom is 0.250 e. The highest BCUT2D eigenvalue weighted by molar-refractivity contribution is 7.99. The Morgan fingerprint density at radius 2 is 1.91 bits per heavy atom.